The van der Waals surface area contributed by atoms with Crippen LogP contribution in [-0.4, -0.2) is 47.3 Å². The van der Waals surface area contributed by atoms with E-state index in [1.54, 1.807) is 20.8 Å². The summed E-state index contributed by atoms with van der Waals surface area (Å²) in [5.74, 6) is 0.319. The van der Waals surface area contributed by atoms with Gasteiger partial charge < -0.3 is 18.9 Å². The summed E-state index contributed by atoms with van der Waals surface area (Å²) in [5.41, 5.74) is -0.732. The smallest absolute Gasteiger partial charge is 0.333 e. The van der Waals surface area contributed by atoms with Gasteiger partial charge in [0.25, 0.3) is 0 Å². The molecule has 8 nitrogen and oxygen atoms in total. The largest absolute Gasteiger partial charge is 0.462 e. The summed E-state index contributed by atoms with van der Waals surface area (Å²) >= 11 is 0. The summed E-state index contributed by atoms with van der Waals surface area (Å²) in [5, 5.41) is 0. The van der Waals surface area contributed by atoms with Gasteiger partial charge in [-0.3, -0.25) is 9.59 Å². The molecule has 0 aromatic rings. The van der Waals surface area contributed by atoms with Gasteiger partial charge in [0.05, 0.1) is 11.3 Å². The molecule has 8 heteroatoms. The molecule has 0 N–H and O–H groups in total. The number of ether oxygens (including phenoxy) is 4. The van der Waals surface area contributed by atoms with E-state index < -0.39 is 23.1 Å². The molecule has 0 aromatic carbocycles. The fraction of sp³-hybridized carbons (Fsp3) is 0.795. The van der Waals surface area contributed by atoms with Gasteiger partial charge in [0.1, 0.15) is 23.4 Å². The Morgan fingerprint density at radius 1 is 0.723 bits per heavy atom. The molecule has 0 aromatic heterocycles. The number of hydrogen-bond acceptors (Lipinski definition) is 8. The van der Waals surface area contributed by atoms with Crippen LogP contribution in [0.25, 0.3) is 0 Å². The molecule has 0 spiro atoms. The number of esters is 4. The molecule has 4 aliphatic rings. The van der Waals surface area contributed by atoms with E-state index in [4.69, 9.17) is 18.9 Å². The number of carbonyl (C=O) groups is 4. The maximum atomic E-state index is 12.5. The van der Waals surface area contributed by atoms with Crippen LogP contribution < -0.4 is 0 Å². The lowest BCUT2D eigenvalue weighted by Gasteiger charge is -2.41. The van der Waals surface area contributed by atoms with Crippen LogP contribution >= 0.6 is 0 Å². The maximum Gasteiger partial charge on any atom is 0.333 e. The predicted molar refractivity (Wildman–Crippen MR) is 182 cm³/mol. The van der Waals surface area contributed by atoms with Crippen LogP contribution in [0.1, 0.15) is 151 Å². The van der Waals surface area contributed by atoms with Crippen molar-refractivity contribution in [3.8, 4) is 0 Å². The molecule has 47 heavy (non-hydrogen) atoms. The van der Waals surface area contributed by atoms with E-state index in [9.17, 15) is 19.2 Å². The normalized spacial score (nSPS) is 27.3. The molecule has 0 aliphatic heterocycles. The van der Waals surface area contributed by atoms with Crippen LogP contribution in [0.3, 0.4) is 0 Å². The first kappa shape index (κ1) is 38.8. The van der Waals surface area contributed by atoms with Crippen molar-refractivity contribution < 1.29 is 38.1 Å². The molecule has 4 aliphatic carbocycles. The highest BCUT2D eigenvalue weighted by Crippen LogP contribution is 2.46. The Balaban J connectivity index is 0.000000268. The van der Waals surface area contributed by atoms with E-state index in [0.717, 1.165) is 109 Å². The van der Waals surface area contributed by atoms with Crippen LogP contribution in [0.15, 0.2) is 24.3 Å². The summed E-state index contributed by atoms with van der Waals surface area (Å²) in [4.78, 5) is 48.5. The van der Waals surface area contributed by atoms with Crippen LogP contribution in [-0.2, 0) is 38.1 Å². The van der Waals surface area contributed by atoms with Gasteiger partial charge in [0.2, 0.25) is 0 Å². The summed E-state index contributed by atoms with van der Waals surface area (Å²) in [7, 11) is 0. The van der Waals surface area contributed by atoms with Gasteiger partial charge in [-0.1, -0.05) is 20.1 Å². The Hall–Kier alpha value is -2.64. The molecule has 0 saturated heterocycles. The fourth-order valence-corrected chi connectivity index (χ4v) is 7.58. The summed E-state index contributed by atoms with van der Waals surface area (Å²) < 4.78 is 23.0. The molecule has 4 fully saturated rings. The highest BCUT2D eigenvalue weighted by atomic mass is 16.6. The van der Waals surface area contributed by atoms with Gasteiger partial charge in [-0.15, -0.1) is 0 Å². The average Bonchev–Trinajstić information content (AvgIpc) is 3.69. The zero-order valence-electron chi connectivity index (χ0n) is 30.4. The van der Waals surface area contributed by atoms with Crippen molar-refractivity contribution in [1.82, 2.24) is 0 Å². The monoisotopic (exact) mass is 658 g/mol. The minimum absolute atomic E-state index is 0.0228. The Labute approximate surface area is 283 Å². The molecule has 4 rings (SSSR count). The standard InChI is InChI=1S/C23H36O4.C16H26O4/c1-16(2)21(24)27-23(14-4-5-15-23)19-10-12-20(13-11-19)26-22(25)18-8-6-17(3)7-9-18;1-11(2)13(17)20-16(9-7-8-10-16)12(3)19-14(18)15(4,5)6/h17-20H,1,4-15H2,2-3H3;12H,1,7-10H2,2-6H3. The average molecular weight is 659 g/mol. The van der Waals surface area contributed by atoms with Crippen LogP contribution in [0.2, 0.25) is 0 Å². The van der Waals surface area contributed by atoms with Gasteiger partial charge in [0.15, 0.2) is 0 Å². The van der Waals surface area contributed by atoms with Gasteiger partial charge in [-0.05, 0) is 156 Å². The first-order valence-electron chi connectivity index (χ1n) is 18.2. The van der Waals surface area contributed by atoms with E-state index in [2.05, 4.69) is 20.1 Å². The third kappa shape index (κ3) is 10.7. The highest BCUT2D eigenvalue weighted by molar-refractivity contribution is 5.87. The molecule has 266 valence electrons. The van der Waals surface area contributed by atoms with E-state index in [-0.39, 0.29) is 35.5 Å². The number of carbonyl (C=O) groups excluding carboxylic acids is 4. The Kier molecular flexibility index (Phi) is 13.7. The minimum atomic E-state index is -0.697. The third-order valence-electron chi connectivity index (χ3n) is 10.9. The lowest BCUT2D eigenvalue weighted by atomic mass is 9.74. The van der Waals surface area contributed by atoms with E-state index in [1.807, 2.05) is 20.8 Å². The Bertz CT molecular complexity index is 1120. The zero-order valence-corrected chi connectivity index (χ0v) is 30.4. The third-order valence-corrected chi connectivity index (χ3v) is 10.9. The zero-order chi connectivity index (χ0) is 35.0. The maximum absolute atomic E-state index is 12.5. The summed E-state index contributed by atoms with van der Waals surface area (Å²) in [6.07, 6.45) is 15.2. The number of hydrogen-bond donors (Lipinski definition) is 0. The molecule has 0 amide bonds. The van der Waals surface area contributed by atoms with E-state index in [0.29, 0.717) is 17.1 Å². The van der Waals surface area contributed by atoms with E-state index in [1.165, 1.54) is 0 Å². The molecule has 0 bridgehead atoms. The highest BCUT2D eigenvalue weighted by Gasteiger charge is 2.47. The molecular weight excluding hydrogens is 596 g/mol. The summed E-state index contributed by atoms with van der Waals surface area (Å²) in [6, 6.07) is 0. The Morgan fingerprint density at radius 2 is 1.21 bits per heavy atom. The first-order valence-corrected chi connectivity index (χ1v) is 18.2. The molecule has 0 radical (unpaired) electrons. The Morgan fingerprint density at radius 3 is 1.70 bits per heavy atom. The molecule has 4 saturated carbocycles. The second kappa shape index (κ2) is 16.6. The first-order chi connectivity index (χ1) is 22.0. The van der Waals surface area contributed by atoms with Crippen molar-refractivity contribution in [3.05, 3.63) is 24.3 Å². The molecule has 1 atom stereocenters. The SMILES string of the molecule is C=C(C)C(=O)OC1(C(C)OC(=O)C(C)(C)C)CCCC1.C=C(C)C(=O)OC1(C2CCC(OC(=O)C3CCC(C)CC3)CC2)CCCC1. The summed E-state index contributed by atoms with van der Waals surface area (Å²) in [6.45, 7) is 20.2. The van der Waals surface area contributed by atoms with Gasteiger partial charge in [0, 0.05) is 11.1 Å². The van der Waals surface area contributed by atoms with Crippen molar-refractivity contribution in [1.29, 1.82) is 0 Å². The lowest BCUT2D eigenvalue weighted by Crippen LogP contribution is -2.46. The lowest BCUT2D eigenvalue weighted by molar-refractivity contribution is -0.185. The minimum Gasteiger partial charge on any atom is -0.462 e. The van der Waals surface area contributed by atoms with Gasteiger partial charge in [-0.2, -0.15) is 0 Å². The second-order valence-corrected chi connectivity index (χ2v) is 16.0. The molecule has 1 unspecified atom stereocenters. The van der Waals surface area contributed by atoms with Crippen LogP contribution in [0.4, 0.5) is 0 Å². The van der Waals surface area contributed by atoms with Crippen LogP contribution in [0, 0.1) is 23.2 Å². The van der Waals surface area contributed by atoms with Crippen molar-refractivity contribution >= 4 is 23.9 Å². The van der Waals surface area contributed by atoms with Gasteiger partial charge in [-0.25, -0.2) is 9.59 Å². The van der Waals surface area contributed by atoms with E-state index >= 15 is 0 Å². The van der Waals surface area contributed by atoms with Crippen molar-refractivity contribution in [2.75, 3.05) is 0 Å². The van der Waals surface area contributed by atoms with Crippen molar-refractivity contribution in [2.45, 2.75) is 175 Å². The number of rotatable bonds is 9. The van der Waals surface area contributed by atoms with Crippen molar-refractivity contribution in [2.24, 2.45) is 23.2 Å². The quantitative estimate of drug-likeness (QED) is 0.138. The van der Waals surface area contributed by atoms with Gasteiger partial charge >= 0.3 is 23.9 Å². The van der Waals surface area contributed by atoms with Crippen LogP contribution in [0.5, 0.6) is 0 Å². The second-order valence-electron chi connectivity index (χ2n) is 16.0. The van der Waals surface area contributed by atoms with Crippen molar-refractivity contribution in [3.63, 3.8) is 0 Å². The predicted octanol–water partition coefficient (Wildman–Crippen LogP) is 8.74. The molecule has 0 heterocycles. The molecular formula is C39H62O8. The fourth-order valence-electron chi connectivity index (χ4n) is 7.58. The topological polar surface area (TPSA) is 105 Å².